The first kappa shape index (κ1) is 15.3. The van der Waals surface area contributed by atoms with Crippen molar-refractivity contribution in [1.82, 2.24) is 0 Å². The van der Waals surface area contributed by atoms with E-state index in [1.807, 2.05) is 19.1 Å². The summed E-state index contributed by atoms with van der Waals surface area (Å²) >= 11 is 0. The minimum atomic E-state index is -0.381. The van der Waals surface area contributed by atoms with E-state index in [1.54, 1.807) is 6.92 Å². The molecule has 1 aromatic rings. The fourth-order valence-corrected chi connectivity index (χ4v) is 1.61. The maximum atomic E-state index is 11.2. The van der Waals surface area contributed by atoms with E-state index in [1.165, 1.54) is 5.56 Å². The molecule has 104 valence electrons. The number of carbonyl (C=O) groups is 1. The van der Waals surface area contributed by atoms with Crippen molar-refractivity contribution in [1.29, 1.82) is 0 Å². The van der Waals surface area contributed by atoms with Crippen LogP contribution in [-0.4, -0.2) is 18.7 Å². The van der Waals surface area contributed by atoms with Gasteiger partial charge >= 0.3 is 5.97 Å². The van der Waals surface area contributed by atoms with Crippen LogP contribution in [-0.2, 0) is 16.0 Å². The number of benzene rings is 1. The van der Waals surface area contributed by atoms with Crippen molar-refractivity contribution >= 4 is 5.97 Å². The molecule has 1 unspecified atom stereocenters. The average molecular weight is 262 g/mol. The second kappa shape index (κ2) is 7.62. The second-order valence-electron chi connectivity index (χ2n) is 4.70. The van der Waals surface area contributed by atoms with Crippen LogP contribution in [0.3, 0.4) is 0 Å². The maximum absolute atomic E-state index is 11.2. The lowest BCUT2D eigenvalue weighted by Gasteiger charge is -2.15. The van der Waals surface area contributed by atoms with Crippen molar-refractivity contribution in [2.75, 3.05) is 6.61 Å². The number of ether oxygens (including phenoxy) is 2. The summed E-state index contributed by atoms with van der Waals surface area (Å²) in [6.45, 7) is 9.40. The predicted octanol–water partition coefficient (Wildman–Crippen LogP) is 3.53. The van der Waals surface area contributed by atoms with Crippen molar-refractivity contribution in [3.8, 4) is 5.75 Å². The first-order valence-corrected chi connectivity index (χ1v) is 6.61. The van der Waals surface area contributed by atoms with Crippen LogP contribution < -0.4 is 4.74 Å². The molecule has 19 heavy (non-hydrogen) atoms. The van der Waals surface area contributed by atoms with Crippen molar-refractivity contribution in [2.24, 2.45) is 0 Å². The highest BCUT2D eigenvalue weighted by Gasteiger charge is 2.09. The van der Waals surface area contributed by atoms with Gasteiger partial charge in [-0.2, -0.15) is 0 Å². The van der Waals surface area contributed by atoms with Gasteiger partial charge in [0.2, 0.25) is 0 Å². The molecule has 0 heterocycles. The predicted molar refractivity (Wildman–Crippen MR) is 76.3 cm³/mol. The first-order valence-electron chi connectivity index (χ1n) is 6.61. The van der Waals surface area contributed by atoms with E-state index >= 15 is 0 Å². The van der Waals surface area contributed by atoms with Crippen molar-refractivity contribution < 1.29 is 14.3 Å². The highest BCUT2D eigenvalue weighted by Crippen LogP contribution is 2.15. The van der Waals surface area contributed by atoms with Crippen LogP contribution in [0.4, 0.5) is 0 Å². The molecule has 0 saturated heterocycles. The average Bonchev–Trinajstić information content (AvgIpc) is 2.38. The standard InChI is InChI=1S/C16H22O3/c1-5-6-14-7-9-15(10-8-14)19-13(4)11-18-16(17)12(2)3/h7-10,13H,2,5-6,11H2,1,3-4H3. The molecule has 0 N–H and O–H groups in total. The van der Waals surface area contributed by atoms with E-state index < -0.39 is 0 Å². The molecule has 1 rings (SSSR count). The van der Waals surface area contributed by atoms with Crippen LogP contribution in [0.25, 0.3) is 0 Å². The third-order valence-corrected chi connectivity index (χ3v) is 2.60. The quantitative estimate of drug-likeness (QED) is 0.557. The molecule has 3 heteroatoms. The van der Waals surface area contributed by atoms with E-state index in [-0.39, 0.29) is 18.7 Å². The molecule has 0 aliphatic carbocycles. The fourth-order valence-electron chi connectivity index (χ4n) is 1.61. The summed E-state index contributed by atoms with van der Waals surface area (Å²) < 4.78 is 10.7. The molecule has 0 spiro atoms. The van der Waals surface area contributed by atoms with Gasteiger partial charge in [-0.05, 0) is 38.0 Å². The molecule has 0 aliphatic rings. The lowest BCUT2D eigenvalue weighted by Crippen LogP contribution is -2.21. The van der Waals surface area contributed by atoms with Crippen molar-refractivity contribution in [3.63, 3.8) is 0 Å². The van der Waals surface area contributed by atoms with Gasteiger partial charge in [0, 0.05) is 5.57 Å². The van der Waals surface area contributed by atoms with E-state index in [0.29, 0.717) is 5.57 Å². The van der Waals surface area contributed by atoms with Gasteiger partial charge in [0.1, 0.15) is 18.5 Å². The number of hydrogen-bond acceptors (Lipinski definition) is 3. The molecule has 0 bridgehead atoms. The highest BCUT2D eigenvalue weighted by atomic mass is 16.6. The van der Waals surface area contributed by atoms with Gasteiger partial charge < -0.3 is 9.47 Å². The van der Waals surface area contributed by atoms with Gasteiger partial charge in [-0.3, -0.25) is 0 Å². The fraction of sp³-hybridized carbons (Fsp3) is 0.438. The normalized spacial score (nSPS) is 11.7. The van der Waals surface area contributed by atoms with Gasteiger partial charge in [-0.15, -0.1) is 0 Å². The Hall–Kier alpha value is -1.77. The second-order valence-corrected chi connectivity index (χ2v) is 4.70. The van der Waals surface area contributed by atoms with Gasteiger partial charge in [-0.1, -0.05) is 32.1 Å². The van der Waals surface area contributed by atoms with Gasteiger partial charge in [0.15, 0.2) is 0 Å². The van der Waals surface area contributed by atoms with Crippen LogP contribution in [0.2, 0.25) is 0 Å². The minimum absolute atomic E-state index is 0.180. The Bertz CT molecular complexity index is 420. The molecule has 0 saturated carbocycles. The van der Waals surface area contributed by atoms with Crippen LogP contribution in [0.15, 0.2) is 36.4 Å². The molecule has 0 aliphatic heterocycles. The third kappa shape index (κ3) is 5.60. The summed E-state index contributed by atoms with van der Waals surface area (Å²) in [5, 5.41) is 0. The van der Waals surface area contributed by atoms with Gasteiger partial charge in [0.05, 0.1) is 0 Å². The van der Waals surface area contributed by atoms with E-state index in [4.69, 9.17) is 9.47 Å². The molecular weight excluding hydrogens is 240 g/mol. The van der Waals surface area contributed by atoms with Crippen LogP contribution in [0, 0.1) is 0 Å². The monoisotopic (exact) mass is 262 g/mol. The summed E-state index contributed by atoms with van der Waals surface area (Å²) in [5.41, 5.74) is 1.70. The first-order chi connectivity index (χ1) is 9.02. The zero-order valence-electron chi connectivity index (χ0n) is 11.9. The lowest BCUT2D eigenvalue weighted by molar-refractivity contribution is -0.141. The number of rotatable bonds is 7. The third-order valence-electron chi connectivity index (χ3n) is 2.60. The van der Waals surface area contributed by atoms with Crippen molar-refractivity contribution in [3.05, 3.63) is 42.0 Å². The highest BCUT2D eigenvalue weighted by molar-refractivity contribution is 5.86. The summed E-state index contributed by atoms with van der Waals surface area (Å²) in [7, 11) is 0. The molecule has 0 fully saturated rings. The molecule has 1 aromatic carbocycles. The number of esters is 1. The summed E-state index contributed by atoms with van der Waals surface area (Å²) in [5.74, 6) is 0.410. The SMILES string of the molecule is C=C(C)C(=O)OCC(C)Oc1ccc(CCC)cc1. The summed E-state index contributed by atoms with van der Waals surface area (Å²) in [4.78, 5) is 11.2. The maximum Gasteiger partial charge on any atom is 0.333 e. The van der Waals surface area contributed by atoms with Crippen LogP contribution >= 0.6 is 0 Å². The van der Waals surface area contributed by atoms with E-state index in [9.17, 15) is 4.79 Å². The zero-order valence-corrected chi connectivity index (χ0v) is 11.9. The Morgan fingerprint density at radius 1 is 1.32 bits per heavy atom. The Morgan fingerprint density at radius 3 is 2.47 bits per heavy atom. The molecule has 0 aromatic heterocycles. The van der Waals surface area contributed by atoms with Crippen LogP contribution in [0.1, 0.15) is 32.8 Å². The van der Waals surface area contributed by atoms with Gasteiger partial charge in [0.25, 0.3) is 0 Å². The number of aryl methyl sites for hydroxylation is 1. The largest absolute Gasteiger partial charge is 0.487 e. The lowest BCUT2D eigenvalue weighted by atomic mass is 10.1. The van der Waals surface area contributed by atoms with E-state index in [0.717, 1.165) is 18.6 Å². The molecule has 0 radical (unpaired) electrons. The molecule has 3 nitrogen and oxygen atoms in total. The zero-order chi connectivity index (χ0) is 14.3. The van der Waals surface area contributed by atoms with Crippen molar-refractivity contribution in [2.45, 2.75) is 39.7 Å². The van der Waals surface area contributed by atoms with Crippen LogP contribution in [0.5, 0.6) is 5.75 Å². The number of hydrogen-bond donors (Lipinski definition) is 0. The Labute approximate surface area is 115 Å². The Morgan fingerprint density at radius 2 is 1.95 bits per heavy atom. The summed E-state index contributed by atoms with van der Waals surface area (Å²) in [6, 6.07) is 8.01. The molecular formula is C16H22O3. The minimum Gasteiger partial charge on any atom is -0.487 e. The Balaban J connectivity index is 2.41. The molecule has 1 atom stereocenters. The number of carbonyl (C=O) groups excluding carboxylic acids is 1. The smallest absolute Gasteiger partial charge is 0.333 e. The molecule has 0 amide bonds. The Kier molecular flexibility index (Phi) is 6.13. The van der Waals surface area contributed by atoms with Gasteiger partial charge in [-0.25, -0.2) is 4.79 Å². The summed E-state index contributed by atoms with van der Waals surface area (Å²) in [6.07, 6.45) is 2.03. The van der Waals surface area contributed by atoms with E-state index in [2.05, 4.69) is 25.6 Å². The topological polar surface area (TPSA) is 35.5 Å².